The van der Waals surface area contributed by atoms with Crippen LogP contribution in [0.15, 0.2) is 24.3 Å². The van der Waals surface area contributed by atoms with Gasteiger partial charge in [-0.1, -0.05) is 29.8 Å². The second kappa shape index (κ2) is 4.49. The molecule has 1 heterocycles. The van der Waals surface area contributed by atoms with Crippen molar-refractivity contribution in [3.63, 3.8) is 0 Å². The molecule has 1 saturated heterocycles. The first kappa shape index (κ1) is 12.1. The molecule has 0 radical (unpaired) electrons. The topological polar surface area (TPSA) is 63.2 Å². The predicted octanol–water partition coefficient (Wildman–Crippen LogP) is 0.971. The van der Waals surface area contributed by atoms with E-state index in [0.29, 0.717) is 0 Å². The van der Waals surface area contributed by atoms with Crippen molar-refractivity contribution in [2.45, 2.75) is 19.4 Å². The molecule has 5 heteroatoms. The number of hydrogen-bond acceptors (Lipinski definition) is 3. The molecule has 1 aromatic carbocycles. The lowest BCUT2D eigenvalue weighted by atomic mass is 10.1. The maximum atomic E-state index is 11.7. The highest BCUT2D eigenvalue weighted by molar-refractivity contribution is 7.91. The van der Waals surface area contributed by atoms with Crippen LogP contribution in [-0.4, -0.2) is 25.8 Å². The molecule has 1 unspecified atom stereocenters. The van der Waals surface area contributed by atoms with Gasteiger partial charge in [0.2, 0.25) is 5.91 Å². The first-order chi connectivity index (χ1) is 7.96. The molecule has 1 aliphatic heterocycles. The Morgan fingerprint density at radius 1 is 1.24 bits per heavy atom. The molecular weight excluding hydrogens is 238 g/mol. The summed E-state index contributed by atoms with van der Waals surface area (Å²) in [5.41, 5.74) is 1.95. The highest BCUT2D eigenvalue weighted by Gasteiger charge is 2.27. The zero-order valence-electron chi connectivity index (χ0n) is 9.64. The van der Waals surface area contributed by atoms with Gasteiger partial charge in [0.25, 0.3) is 0 Å². The quantitative estimate of drug-likeness (QED) is 0.811. The van der Waals surface area contributed by atoms with Gasteiger partial charge in [0.15, 0.2) is 9.84 Å². The lowest BCUT2D eigenvalue weighted by molar-refractivity contribution is -0.121. The second-order valence-electron chi connectivity index (χ2n) is 4.40. The van der Waals surface area contributed by atoms with Crippen LogP contribution in [0.25, 0.3) is 0 Å². The number of carbonyl (C=O) groups is 1. The Morgan fingerprint density at radius 2 is 1.88 bits per heavy atom. The molecular formula is C12H15NO3S. The lowest BCUT2D eigenvalue weighted by Crippen LogP contribution is -2.29. The third-order valence-electron chi connectivity index (χ3n) is 2.88. The van der Waals surface area contributed by atoms with Gasteiger partial charge in [0, 0.05) is 6.42 Å². The molecule has 0 spiro atoms. The molecule has 4 nitrogen and oxygen atoms in total. The summed E-state index contributed by atoms with van der Waals surface area (Å²) in [4.78, 5) is 11.4. The number of aryl methyl sites for hydroxylation is 1. The largest absolute Gasteiger partial charge is 0.348 e. The van der Waals surface area contributed by atoms with E-state index in [-0.39, 0.29) is 23.8 Å². The minimum absolute atomic E-state index is 0.0121. The Balaban J connectivity index is 2.29. The molecule has 0 bridgehead atoms. The van der Waals surface area contributed by atoms with Gasteiger partial charge >= 0.3 is 0 Å². The summed E-state index contributed by atoms with van der Waals surface area (Å²) in [5.74, 6) is -0.264. The molecule has 0 aliphatic carbocycles. The van der Waals surface area contributed by atoms with E-state index in [0.717, 1.165) is 11.1 Å². The van der Waals surface area contributed by atoms with Crippen LogP contribution < -0.4 is 5.32 Å². The van der Waals surface area contributed by atoms with Gasteiger partial charge < -0.3 is 5.32 Å². The highest BCUT2D eigenvalue weighted by atomic mass is 32.2. The van der Waals surface area contributed by atoms with Crippen molar-refractivity contribution >= 4 is 15.7 Å². The summed E-state index contributed by atoms with van der Waals surface area (Å²) in [6, 6.07) is 7.14. The van der Waals surface area contributed by atoms with E-state index >= 15 is 0 Å². The summed E-state index contributed by atoms with van der Waals surface area (Å²) >= 11 is 0. The van der Waals surface area contributed by atoms with Crippen molar-refractivity contribution < 1.29 is 13.2 Å². The third-order valence-corrected chi connectivity index (χ3v) is 4.54. The van der Waals surface area contributed by atoms with Crippen LogP contribution in [0.3, 0.4) is 0 Å². The van der Waals surface area contributed by atoms with E-state index in [4.69, 9.17) is 0 Å². The Hall–Kier alpha value is -1.36. The van der Waals surface area contributed by atoms with Crippen LogP contribution in [0.2, 0.25) is 0 Å². The number of nitrogens with one attached hydrogen (secondary N) is 1. The average molecular weight is 253 g/mol. The molecule has 0 saturated carbocycles. The fourth-order valence-corrected chi connectivity index (χ4v) is 3.32. The van der Waals surface area contributed by atoms with E-state index in [1.165, 1.54) is 0 Å². The second-order valence-corrected chi connectivity index (χ2v) is 6.62. The first-order valence-electron chi connectivity index (χ1n) is 5.53. The maximum absolute atomic E-state index is 11.7. The van der Waals surface area contributed by atoms with Crippen molar-refractivity contribution in [1.29, 1.82) is 0 Å². The van der Waals surface area contributed by atoms with Gasteiger partial charge in [0.05, 0.1) is 17.5 Å². The molecule has 1 atom stereocenters. The van der Waals surface area contributed by atoms with Crippen molar-refractivity contribution in [3.8, 4) is 0 Å². The normalized spacial score (nSPS) is 23.8. The molecule has 1 amide bonds. The van der Waals surface area contributed by atoms with E-state index in [9.17, 15) is 13.2 Å². The molecule has 1 N–H and O–H groups in total. The Morgan fingerprint density at radius 3 is 2.53 bits per heavy atom. The SMILES string of the molecule is Cc1ccc(C2CS(=O)(=O)CCC(=O)N2)cc1. The average Bonchev–Trinajstić information content (AvgIpc) is 2.39. The number of hydrogen-bond donors (Lipinski definition) is 1. The predicted molar refractivity (Wildman–Crippen MR) is 65.3 cm³/mol. The summed E-state index contributed by atoms with van der Waals surface area (Å²) in [6.45, 7) is 1.96. The summed E-state index contributed by atoms with van der Waals surface area (Å²) in [6.07, 6.45) is 0.0602. The monoisotopic (exact) mass is 253 g/mol. The van der Waals surface area contributed by atoms with Gasteiger partial charge in [-0.25, -0.2) is 8.42 Å². The van der Waals surface area contributed by atoms with Crippen LogP contribution in [0.5, 0.6) is 0 Å². The van der Waals surface area contributed by atoms with Gasteiger partial charge in [-0.2, -0.15) is 0 Å². The zero-order valence-corrected chi connectivity index (χ0v) is 10.5. The van der Waals surface area contributed by atoms with Crippen molar-refractivity contribution in [2.75, 3.05) is 11.5 Å². The lowest BCUT2D eigenvalue weighted by Gasteiger charge is -2.15. The van der Waals surface area contributed by atoms with Crippen LogP contribution in [0.1, 0.15) is 23.6 Å². The molecule has 1 aliphatic rings. The fraction of sp³-hybridized carbons (Fsp3) is 0.417. The summed E-state index contributed by atoms with van der Waals surface area (Å²) in [7, 11) is -3.14. The van der Waals surface area contributed by atoms with Crippen LogP contribution in [0.4, 0.5) is 0 Å². The highest BCUT2D eigenvalue weighted by Crippen LogP contribution is 2.19. The standard InChI is InChI=1S/C12H15NO3S/c1-9-2-4-10(5-3-9)11-8-17(15,16)7-6-12(14)13-11/h2-5,11H,6-8H2,1H3,(H,13,14). The van der Waals surface area contributed by atoms with Gasteiger partial charge in [0.1, 0.15) is 0 Å². The third kappa shape index (κ3) is 3.06. The number of amides is 1. The molecule has 92 valence electrons. The smallest absolute Gasteiger partial charge is 0.221 e. The first-order valence-corrected chi connectivity index (χ1v) is 7.35. The molecule has 1 fully saturated rings. The van der Waals surface area contributed by atoms with Gasteiger partial charge in [-0.15, -0.1) is 0 Å². The van der Waals surface area contributed by atoms with Crippen molar-refractivity contribution in [3.05, 3.63) is 35.4 Å². The van der Waals surface area contributed by atoms with Crippen molar-refractivity contribution in [1.82, 2.24) is 5.32 Å². The minimum atomic E-state index is -3.14. The summed E-state index contributed by atoms with van der Waals surface area (Å²) < 4.78 is 23.3. The number of carbonyl (C=O) groups excluding carboxylic acids is 1. The molecule has 1 aromatic rings. The van der Waals surface area contributed by atoms with E-state index in [2.05, 4.69) is 5.32 Å². The molecule has 2 rings (SSSR count). The minimum Gasteiger partial charge on any atom is -0.348 e. The Kier molecular flexibility index (Phi) is 3.19. The number of rotatable bonds is 1. The van der Waals surface area contributed by atoms with E-state index < -0.39 is 15.9 Å². The van der Waals surface area contributed by atoms with Crippen LogP contribution in [-0.2, 0) is 14.6 Å². The molecule has 0 aromatic heterocycles. The van der Waals surface area contributed by atoms with E-state index in [1.807, 2.05) is 31.2 Å². The summed E-state index contributed by atoms with van der Waals surface area (Å²) in [5, 5.41) is 2.75. The Labute approximate surface area is 101 Å². The number of sulfone groups is 1. The molecule has 17 heavy (non-hydrogen) atoms. The van der Waals surface area contributed by atoms with Crippen LogP contribution >= 0.6 is 0 Å². The van der Waals surface area contributed by atoms with Crippen LogP contribution in [0, 0.1) is 6.92 Å². The number of benzene rings is 1. The maximum Gasteiger partial charge on any atom is 0.221 e. The Bertz CT molecular complexity index is 519. The van der Waals surface area contributed by atoms with Gasteiger partial charge in [-0.3, -0.25) is 4.79 Å². The van der Waals surface area contributed by atoms with Gasteiger partial charge in [-0.05, 0) is 12.5 Å². The van der Waals surface area contributed by atoms with E-state index in [1.54, 1.807) is 0 Å². The van der Waals surface area contributed by atoms with Crippen molar-refractivity contribution in [2.24, 2.45) is 0 Å². The fourth-order valence-electron chi connectivity index (χ4n) is 1.87. The zero-order chi connectivity index (χ0) is 12.5.